The number of rotatable bonds is 4. The molecule has 2 aliphatic carbocycles. The van der Waals surface area contributed by atoms with E-state index in [-0.39, 0.29) is 17.5 Å². The fourth-order valence-corrected chi connectivity index (χ4v) is 4.42. The number of carbonyl (C=O) groups excluding carboxylic acids is 1. The first-order chi connectivity index (χ1) is 9.93. The Hall–Kier alpha value is -1.31. The lowest BCUT2D eigenvalue weighted by Gasteiger charge is -2.38. The molecule has 0 spiro atoms. The van der Waals surface area contributed by atoms with E-state index >= 15 is 0 Å². The van der Waals surface area contributed by atoms with Crippen LogP contribution in [-0.2, 0) is 16.0 Å². The SMILES string of the molecule is CC1(C)[C@H]2CC[C@@]1(C)[C@H](OC(=O)CCc1ccccc1)C2. The molecule has 0 aliphatic heterocycles. The van der Waals surface area contributed by atoms with Crippen LogP contribution in [0.25, 0.3) is 0 Å². The summed E-state index contributed by atoms with van der Waals surface area (Å²) in [5.74, 6) is 0.683. The van der Waals surface area contributed by atoms with E-state index in [2.05, 4.69) is 32.9 Å². The topological polar surface area (TPSA) is 26.3 Å². The molecule has 0 aromatic heterocycles. The lowest BCUT2D eigenvalue weighted by molar-refractivity contribution is -0.156. The van der Waals surface area contributed by atoms with Gasteiger partial charge in [-0.15, -0.1) is 0 Å². The van der Waals surface area contributed by atoms with Gasteiger partial charge in [0.1, 0.15) is 6.10 Å². The van der Waals surface area contributed by atoms with Crippen molar-refractivity contribution in [1.29, 1.82) is 0 Å². The van der Waals surface area contributed by atoms with Crippen LogP contribution in [0.5, 0.6) is 0 Å². The molecule has 2 fully saturated rings. The third kappa shape index (κ3) is 2.39. The fraction of sp³-hybridized carbons (Fsp3) is 0.632. The number of aryl methyl sites for hydroxylation is 1. The van der Waals surface area contributed by atoms with Crippen molar-refractivity contribution in [2.75, 3.05) is 0 Å². The second-order valence-corrected chi connectivity index (χ2v) is 7.57. The average Bonchev–Trinajstić information content (AvgIpc) is 2.79. The molecular weight excluding hydrogens is 260 g/mol. The lowest BCUT2D eigenvalue weighted by Crippen LogP contribution is -2.38. The van der Waals surface area contributed by atoms with E-state index in [1.807, 2.05) is 18.2 Å². The quantitative estimate of drug-likeness (QED) is 0.768. The van der Waals surface area contributed by atoms with Crippen molar-refractivity contribution in [3.8, 4) is 0 Å². The number of hydrogen-bond acceptors (Lipinski definition) is 2. The third-order valence-electron chi connectivity index (χ3n) is 6.45. The van der Waals surface area contributed by atoms with Crippen LogP contribution in [-0.4, -0.2) is 12.1 Å². The Balaban J connectivity index is 1.57. The minimum Gasteiger partial charge on any atom is -0.462 e. The molecule has 0 N–H and O–H groups in total. The summed E-state index contributed by atoms with van der Waals surface area (Å²) in [5, 5.41) is 0. The van der Waals surface area contributed by atoms with Crippen LogP contribution < -0.4 is 0 Å². The van der Waals surface area contributed by atoms with Crippen molar-refractivity contribution in [3.63, 3.8) is 0 Å². The Labute approximate surface area is 127 Å². The summed E-state index contributed by atoms with van der Waals surface area (Å²) >= 11 is 0. The normalized spacial score (nSPS) is 33.1. The molecule has 0 unspecified atom stereocenters. The summed E-state index contributed by atoms with van der Waals surface area (Å²) in [4.78, 5) is 12.2. The van der Waals surface area contributed by atoms with Gasteiger partial charge < -0.3 is 4.74 Å². The molecule has 0 amide bonds. The molecule has 2 nitrogen and oxygen atoms in total. The summed E-state index contributed by atoms with van der Waals surface area (Å²) in [7, 11) is 0. The average molecular weight is 286 g/mol. The monoisotopic (exact) mass is 286 g/mol. The van der Waals surface area contributed by atoms with Crippen molar-refractivity contribution in [2.24, 2.45) is 16.7 Å². The van der Waals surface area contributed by atoms with Crippen LogP contribution >= 0.6 is 0 Å². The number of benzene rings is 1. The number of ether oxygens (including phenoxy) is 1. The molecule has 0 saturated heterocycles. The highest BCUT2D eigenvalue weighted by Gasteiger charge is 2.62. The molecule has 21 heavy (non-hydrogen) atoms. The van der Waals surface area contributed by atoms with Gasteiger partial charge in [0.2, 0.25) is 0 Å². The van der Waals surface area contributed by atoms with E-state index in [1.54, 1.807) is 0 Å². The number of carbonyl (C=O) groups is 1. The molecule has 1 aromatic carbocycles. The van der Waals surface area contributed by atoms with Crippen LogP contribution in [0, 0.1) is 16.7 Å². The van der Waals surface area contributed by atoms with Crippen molar-refractivity contribution in [2.45, 2.75) is 59.0 Å². The molecule has 1 aromatic rings. The molecule has 2 aliphatic rings. The number of hydrogen-bond donors (Lipinski definition) is 0. The van der Waals surface area contributed by atoms with E-state index in [9.17, 15) is 4.79 Å². The smallest absolute Gasteiger partial charge is 0.306 e. The minimum absolute atomic E-state index is 0.0339. The Bertz CT molecular complexity index is 520. The van der Waals surface area contributed by atoms with Crippen LogP contribution in [0.2, 0.25) is 0 Å². The Kier molecular flexibility index (Phi) is 3.59. The third-order valence-corrected chi connectivity index (χ3v) is 6.45. The van der Waals surface area contributed by atoms with Gasteiger partial charge in [0, 0.05) is 11.8 Å². The highest BCUT2D eigenvalue weighted by Crippen LogP contribution is 2.66. The largest absolute Gasteiger partial charge is 0.462 e. The molecule has 3 rings (SSSR count). The molecule has 2 saturated carbocycles. The number of fused-ring (bicyclic) bond motifs is 2. The molecule has 114 valence electrons. The van der Waals surface area contributed by atoms with Crippen LogP contribution in [0.1, 0.15) is 52.0 Å². The van der Waals surface area contributed by atoms with E-state index in [0.717, 1.165) is 18.8 Å². The van der Waals surface area contributed by atoms with Gasteiger partial charge in [0.15, 0.2) is 0 Å². The zero-order chi connectivity index (χ0) is 15.1. The standard InChI is InChI=1S/C19H26O2/c1-18(2)15-11-12-19(18,3)16(13-15)21-17(20)10-9-14-7-5-4-6-8-14/h4-8,15-16H,9-13H2,1-3H3/t15-,16+,19-/m0/s1. The lowest BCUT2D eigenvalue weighted by atomic mass is 9.70. The Morgan fingerprint density at radius 2 is 1.95 bits per heavy atom. The molecule has 0 radical (unpaired) electrons. The Morgan fingerprint density at radius 3 is 2.52 bits per heavy atom. The fourth-order valence-electron chi connectivity index (χ4n) is 4.42. The summed E-state index contributed by atoms with van der Waals surface area (Å²) in [6.45, 7) is 7.01. The Morgan fingerprint density at radius 1 is 1.24 bits per heavy atom. The predicted octanol–water partition coefficient (Wildman–Crippen LogP) is 4.38. The zero-order valence-electron chi connectivity index (χ0n) is 13.4. The highest BCUT2D eigenvalue weighted by atomic mass is 16.5. The maximum absolute atomic E-state index is 12.2. The predicted molar refractivity (Wildman–Crippen MR) is 83.9 cm³/mol. The van der Waals surface area contributed by atoms with E-state index < -0.39 is 0 Å². The van der Waals surface area contributed by atoms with E-state index in [4.69, 9.17) is 4.74 Å². The van der Waals surface area contributed by atoms with Crippen molar-refractivity contribution in [3.05, 3.63) is 35.9 Å². The molecule has 2 heteroatoms. The van der Waals surface area contributed by atoms with Gasteiger partial charge in [0.05, 0.1) is 0 Å². The highest BCUT2D eigenvalue weighted by molar-refractivity contribution is 5.70. The second kappa shape index (κ2) is 5.15. The maximum Gasteiger partial charge on any atom is 0.306 e. The summed E-state index contributed by atoms with van der Waals surface area (Å²) < 4.78 is 5.87. The van der Waals surface area contributed by atoms with Crippen LogP contribution in [0.4, 0.5) is 0 Å². The van der Waals surface area contributed by atoms with Gasteiger partial charge in [-0.25, -0.2) is 0 Å². The van der Waals surface area contributed by atoms with Crippen molar-refractivity contribution in [1.82, 2.24) is 0 Å². The summed E-state index contributed by atoms with van der Waals surface area (Å²) in [6.07, 6.45) is 4.93. The first kappa shape index (κ1) is 14.6. The molecule has 3 atom stereocenters. The van der Waals surface area contributed by atoms with Gasteiger partial charge in [-0.05, 0) is 42.6 Å². The van der Waals surface area contributed by atoms with Gasteiger partial charge in [-0.2, -0.15) is 0 Å². The van der Waals surface area contributed by atoms with E-state index in [1.165, 1.54) is 18.4 Å². The summed E-state index contributed by atoms with van der Waals surface area (Å²) in [5.41, 5.74) is 1.67. The van der Waals surface area contributed by atoms with Gasteiger partial charge in [-0.1, -0.05) is 51.1 Å². The van der Waals surface area contributed by atoms with Gasteiger partial charge >= 0.3 is 5.97 Å². The van der Waals surface area contributed by atoms with Crippen LogP contribution in [0.3, 0.4) is 0 Å². The number of esters is 1. The van der Waals surface area contributed by atoms with E-state index in [0.29, 0.717) is 11.8 Å². The van der Waals surface area contributed by atoms with Crippen LogP contribution in [0.15, 0.2) is 30.3 Å². The van der Waals surface area contributed by atoms with Crippen molar-refractivity contribution < 1.29 is 9.53 Å². The molecule has 2 bridgehead atoms. The van der Waals surface area contributed by atoms with Gasteiger partial charge in [0.25, 0.3) is 0 Å². The first-order valence-electron chi connectivity index (χ1n) is 8.17. The zero-order valence-corrected chi connectivity index (χ0v) is 13.4. The second-order valence-electron chi connectivity index (χ2n) is 7.57. The van der Waals surface area contributed by atoms with Crippen molar-refractivity contribution >= 4 is 5.97 Å². The first-order valence-corrected chi connectivity index (χ1v) is 8.17. The molecular formula is C19H26O2. The maximum atomic E-state index is 12.2. The van der Waals surface area contributed by atoms with Gasteiger partial charge in [-0.3, -0.25) is 4.79 Å². The minimum atomic E-state index is -0.0339. The molecule has 0 heterocycles. The summed E-state index contributed by atoms with van der Waals surface area (Å²) in [6, 6.07) is 10.2.